The van der Waals surface area contributed by atoms with Crippen LogP contribution in [-0.2, 0) is 9.47 Å². The third-order valence-electron chi connectivity index (χ3n) is 6.69. The molecule has 0 spiro atoms. The molecule has 2 aliphatic carbocycles. The average Bonchev–Trinajstić information content (AvgIpc) is 2.50. The fourth-order valence-corrected chi connectivity index (χ4v) is 5.85. The lowest BCUT2D eigenvalue weighted by Gasteiger charge is -2.59. The lowest BCUT2D eigenvalue weighted by molar-refractivity contribution is -0.328. The maximum absolute atomic E-state index is 11.7. The van der Waals surface area contributed by atoms with Gasteiger partial charge in [0.25, 0.3) is 0 Å². The third kappa shape index (κ3) is 1.59. The molecule has 0 aromatic carbocycles. The molecule has 0 aromatic rings. The summed E-state index contributed by atoms with van der Waals surface area (Å²) in [7, 11) is 1.58. The number of methoxy groups -OCH3 is 1. The van der Waals surface area contributed by atoms with Gasteiger partial charge in [0, 0.05) is 24.4 Å². The number of rotatable bonds is 1. The predicted molar refractivity (Wildman–Crippen MR) is 76.4 cm³/mol. The second-order valence-corrected chi connectivity index (χ2v) is 8.17. The second-order valence-electron chi connectivity index (χ2n) is 8.17. The van der Waals surface area contributed by atoms with Crippen molar-refractivity contribution in [1.29, 1.82) is 0 Å². The van der Waals surface area contributed by atoms with E-state index < -0.39 is 34.9 Å². The fraction of sp³-hybridized carbons (Fsp3) is 1.00. The highest BCUT2D eigenvalue weighted by molar-refractivity contribution is 5.25. The molecule has 5 heteroatoms. The van der Waals surface area contributed by atoms with E-state index in [1.54, 1.807) is 7.11 Å². The first-order chi connectivity index (χ1) is 9.62. The van der Waals surface area contributed by atoms with E-state index in [9.17, 15) is 15.3 Å². The Morgan fingerprint density at radius 1 is 1.19 bits per heavy atom. The molecule has 3 rings (SSSR count). The van der Waals surface area contributed by atoms with Crippen LogP contribution in [0.5, 0.6) is 0 Å². The Morgan fingerprint density at radius 2 is 1.81 bits per heavy atom. The summed E-state index contributed by atoms with van der Waals surface area (Å²) in [5, 5.41) is 33.3. The third-order valence-corrected chi connectivity index (χ3v) is 6.69. The zero-order chi connectivity index (χ0) is 15.8. The molecule has 8 atom stereocenters. The van der Waals surface area contributed by atoms with Crippen LogP contribution >= 0.6 is 0 Å². The molecule has 3 aliphatic rings. The highest BCUT2D eigenvalue weighted by Crippen LogP contribution is 2.68. The molecule has 1 unspecified atom stereocenters. The van der Waals surface area contributed by atoms with Gasteiger partial charge in [-0.15, -0.1) is 0 Å². The fourth-order valence-electron chi connectivity index (χ4n) is 5.85. The highest BCUT2D eigenvalue weighted by Gasteiger charge is 2.78. The van der Waals surface area contributed by atoms with Crippen molar-refractivity contribution < 1.29 is 24.8 Å². The molecule has 0 radical (unpaired) electrons. The van der Waals surface area contributed by atoms with E-state index in [2.05, 4.69) is 0 Å². The number of hydrogen-bond donors (Lipinski definition) is 3. The minimum atomic E-state index is -1.19. The topological polar surface area (TPSA) is 79.2 Å². The molecule has 1 heterocycles. The standard InChI is InChI=1S/C16H28O5/c1-8-6-9(17)11-14(2,3)13(18)15(4)7-21-12(20-5)10(8)16(11,15)19/h8-13,17-19H,6-7H2,1-5H3/t8-,9+,10-,11+,12?,13-,15+,16-/m1/s1. The molecule has 3 N–H and O–H groups in total. The van der Waals surface area contributed by atoms with Gasteiger partial charge in [-0.05, 0) is 17.8 Å². The largest absolute Gasteiger partial charge is 0.393 e. The van der Waals surface area contributed by atoms with Crippen molar-refractivity contribution >= 4 is 0 Å². The molecular weight excluding hydrogens is 272 g/mol. The molecular formula is C16H28O5. The second kappa shape index (κ2) is 4.42. The van der Waals surface area contributed by atoms with Crippen LogP contribution < -0.4 is 0 Å². The van der Waals surface area contributed by atoms with E-state index in [0.29, 0.717) is 6.42 Å². The Bertz CT molecular complexity index is 438. The van der Waals surface area contributed by atoms with Gasteiger partial charge in [-0.2, -0.15) is 0 Å². The molecule has 1 saturated heterocycles. The van der Waals surface area contributed by atoms with E-state index in [1.165, 1.54) is 0 Å². The average molecular weight is 300 g/mol. The molecule has 0 bridgehead atoms. The summed E-state index contributed by atoms with van der Waals surface area (Å²) in [5.41, 5.74) is -2.56. The highest BCUT2D eigenvalue weighted by atomic mass is 16.7. The number of ether oxygens (including phenoxy) is 2. The zero-order valence-electron chi connectivity index (χ0n) is 13.5. The maximum Gasteiger partial charge on any atom is 0.163 e. The van der Waals surface area contributed by atoms with Gasteiger partial charge in [0.2, 0.25) is 0 Å². The smallest absolute Gasteiger partial charge is 0.163 e. The lowest BCUT2D eigenvalue weighted by Crippen LogP contribution is -2.69. The van der Waals surface area contributed by atoms with Crippen molar-refractivity contribution in [2.45, 2.75) is 58.2 Å². The molecule has 2 saturated carbocycles. The summed E-state index contributed by atoms with van der Waals surface area (Å²) >= 11 is 0. The Hall–Kier alpha value is -0.200. The van der Waals surface area contributed by atoms with Crippen molar-refractivity contribution in [3.63, 3.8) is 0 Å². The summed E-state index contributed by atoms with van der Waals surface area (Å²) in [5.74, 6) is -0.564. The first kappa shape index (κ1) is 15.7. The van der Waals surface area contributed by atoms with Crippen LogP contribution in [0.4, 0.5) is 0 Å². The van der Waals surface area contributed by atoms with Gasteiger partial charge in [-0.25, -0.2) is 0 Å². The number of aliphatic hydroxyl groups is 3. The van der Waals surface area contributed by atoms with Gasteiger partial charge < -0.3 is 24.8 Å². The number of hydrogen-bond acceptors (Lipinski definition) is 5. The molecule has 21 heavy (non-hydrogen) atoms. The Labute approximate surface area is 126 Å². The van der Waals surface area contributed by atoms with Crippen LogP contribution in [0.1, 0.15) is 34.1 Å². The Balaban J connectivity index is 2.19. The van der Waals surface area contributed by atoms with Crippen molar-refractivity contribution in [1.82, 2.24) is 0 Å². The van der Waals surface area contributed by atoms with E-state index in [-0.39, 0.29) is 24.4 Å². The van der Waals surface area contributed by atoms with Crippen LogP contribution in [0.15, 0.2) is 0 Å². The molecule has 1 aliphatic heterocycles. The Morgan fingerprint density at radius 3 is 2.38 bits per heavy atom. The van der Waals surface area contributed by atoms with Gasteiger partial charge in [0.1, 0.15) is 0 Å². The van der Waals surface area contributed by atoms with Crippen LogP contribution in [0.2, 0.25) is 0 Å². The number of aliphatic hydroxyl groups excluding tert-OH is 2. The summed E-state index contributed by atoms with van der Waals surface area (Å²) < 4.78 is 11.3. The van der Waals surface area contributed by atoms with Gasteiger partial charge in [0.05, 0.1) is 24.4 Å². The van der Waals surface area contributed by atoms with Crippen LogP contribution in [0.3, 0.4) is 0 Å². The normalized spacial score (nSPS) is 58.9. The summed E-state index contributed by atoms with van der Waals surface area (Å²) in [6.07, 6.45) is -1.26. The van der Waals surface area contributed by atoms with E-state index >= 15 is 0 Å². The quantitative estimate of drug-likeness (QED) is 0.666. The molecule has 122 valence electrons. The van der Waals surface area contributed by atoms with Crippen molar-refractivity contribution in [2.75, 3.05) is 13.7 Å². The summed E-state index contributed by atoms with van der Waals surface area (Å²) in [4.78, 5) is 0. The lowest BCUT2D eigenvalue weighted by atomic mass is 9.54. The van der Waals surface area contributed by atoms with Gasteiger partial charge in [-0.1, -0.05) is 27.7 Å². The van der Waals surface area contributed by atoms with Crippen molar-refractivity contribution in [2.24, 2.45) is 28.6 Å². The molecule has 0 amide bonds. The van der Waals surface area contributed by atoms with Crippen LogP contribution in [-0.4, -0.2) is 53.1 Å². The predicted octanol–water partition coefficient (Wildman–Crippen LogP) is 0.760. The van der Waals surface area contributed by atoms with Crippen molar-refractivity contribution in [3.8, 4) is 0 Å². The van der Waals surface area contributed by atoms with Crippen LogP contribution in [0, 0.1) is 28.6 Å². The van der Waals surface area contributed by atoms with Gasteiger partial charge >= 0.3 is 0 Å². The summed E-state index contributed by atoms with van der Waals surface area (Å²) in [6, 6.07) is 0. The van der Waals surface area contributed by atoms with Crippen LogP contribution in [0.25, 0.3) is 0 Å². The van der Waals surface area contributed by atoms with E-state index in [0.717, 1.165) is 0 Å². The maximum atomic E-state index is 11.7. The SMILES string of the molecule is COC1OC[C@@]2(C)[C@H](O)C(C)(C)[C@@H]3[C@@H](O)C[C@@H](C)[C@H]1[C@@]32O. The van der Waals surface area contributed by atoms with Gasteiger partial charge in [-0.3, -0.25) is 0 Å². The molecule has 5 nitrogen and oxygen atoms in total. The Kier molecular flexibility index (Phi) is 3.30. The molecule has 3 fully saturated rings. The minimum absolute atomic E-state index is 0.0620. The van der Waals surface area contributed by atoms with Gasteiger partial charge in [0.15, 0.2) is 6.29 Å². The van der Waals surface area contributed by atoms with Crippen molar-refractivity contribution in [3.05, 3.63) is 0 Å². The first-order valence-corrected chi connectivity index (χ1v) is 7.85. The summed E-state index contributed by atoms with van der Waals surface area (Å²) in [6.45, 7) is 7.99. The van der Waals surface area contributed by atoms with E-state index in [1.807, 2.05) is 27.7 Å². The van der Waals surface area contributed by atoms with E-state index in [4.69, 9.17) is 9.47 Å². The molecule has 0 aromatic heterocycles. The first-order valence-electron chi connectivity index (χ1n) is 7.85. The zero-order valence-corrected chi connectivity index (χ0v) is 13.5. The monoisotopic (exact) mass is 300 g/mol. The minimum Gasteiger partial charge on any atom is -0.393 e.